The lowest BCUT2D eigenvalue weighted by atomic mass is 9.93. The van der Waals surface area contributed by atoms with E-state index < -0.39 is 11.8 Å². The molecule has 0 radical (unpaired) electrons. The second kappa shape index (κ2) is 3.80. The van der Waals surface area contributed by atoms with Crippen LogP contribution in [0.2, 0.25) is 0 Å². The monoisotopic (exact) mass is 267 g/mol. The van der Waals surface area contributed by atoms with E-state index >= 15 is 0 Å². The van der Waals surface area contributed by atoms with E-state index in [9.17, 15) is 9.59 Å². The lowest BCUT2D eigenvalue weighted by Crippen LogP contribution is -2.45. The average molecular weight is 267 g/mol. The van der Waals surface area contributed by atoms with E-state index in [1.807, 2.05) is 18.2 Å². The molecule has 2 heterocycles. The molecule has 2 aromatic carbocycles. The van der Waals surface area contributed by atoms with Gasteiger partial charge in [-0.25, -0.2) is 10.9 Å². The quantitative estimate of drug-likeness (QED) is 0.483. The zero-order chi connectivity index (χ0) is 13.9. The van der Waals surface area contributed by atoms with Crippen molar-refractivity contribution in [2.24, 2.45) is 5.84 Å². The summed E-state index contributed by atoms with van der Waals surface area (Å²) in [6.07, 6.45) is 1.18. The third-order valence-electron chi connectivity index (χ3n) is 4.11. The maximum absolute atomic E-state index is 12.1. The number of anilines is 1. The lowest BCUT2D eigenvalue weighted by Gasteiger charge is -2.35. The SMILES string of the molecule is NN1C(=O)c2cccc3c(N4CCC4)ccc(c23)C1=O. The van der Waals surface area contributed by atoms with E-state index in [1.54, 1.807) is 12.1 Å². The number of benzene rings is 2. The number of nitrogens with two attached hydrogens (primary N) is 1. The first-order valence-corrected chi connectivity index (χ1v) is 6.62. The largest absolute Gasteiger partial charge is 0.371 e. The van der Waals surface area contributed by atoms with E-state index in [0.29, 0.717) is 16.1 Å². The van der Waals surface area contributed by atoms with Gasteiger partial charge >= 0.3 is 0 Å². The molecule has 2 N–H and O–H groups in total. The highest BCUT2D eigenvalue weighted by Gasteiger charge is 2.32. The Morgan fingerprint density at radius 1 is 0.950 bits per heavy atom. The average Bonchev–Trinajstić information content (AvgIpc) is 2.41. The Morgan fingerprint density at radius 2 is 1.65 bits per heavy atom. The topological polar surface area (TPSA) is 66.6 Å². The number of hydrazine groups is 1. The van der Waals surface area contributed by atoms with E-state index in [0.717, 1.165) is 29.5 Å². The molecule has 0 bridgehead atoms. The van der Waals surface area contributed by atoms with Gasteiger partial charge in [0.25, 0.3) is 11.8 Å². The van der Waals surface area contributed by atoms with Gasteiger partial charge in [0, 0.05) is 29.5 Å². The van der Waals surface area contributed by atoms with Gasteiger partial charge < -0.3 is 4.90 Å². The minimum Gasteiger partial charge on any atom is -0.371 e. The highest BCUT2D eigenvalue weighted by Crippen LogP contribution is 2.36. The van der Waals surface area contributed by atoms with Crippen molar-refractivity contribution < 1.29 is 9.59 Å². The Bertz CT molecular complexity index is 743. The summed E-state index contributed by atoms with van der Waals surface area (Å²) in [4.78, 5) is 26.5. The standard InChI is InChI=1S/C15H13N3O2/c16-18-14(19)10-4-1-3-9-12(17-7-2-8-17)6-5-11(13(9)10)15(18)20/h1,3-6H,2,7-8,16H2. The number of nitrogens with zero attached hydrogens (tertiary/aromatic N) is 2. The zero-order valence-electron chi connectivity index (χ0n) is 10.8. The number of carbonyl (C=O) groups is 2. The molecule has 2 aliphatic rings. The molecule has 100 valence electrons. The van der Waals surface area contributed by atoms with Crippen LogP contribution >= 0.6 is 0 Å². The minimum absolute atomic E-state index is 0.436. The van der Waals surface area contributed by atoms with Gasteiger partial charge in [-0.2, -0.15) is 0 Å². The van der Waals surface area contributed by atoms with E-state index in [1.165, 1.54) is 6.42 Å². The van der Waals surface area contributed by atoms with Crippen molar-refractivity contribution in [3.05, 3.63) is 41.5 Å². The molecule has 0 atom stereocenters. The molecular formula is C15H13N3O2. The van der Waals surface area contributed by atoms with Crippen molar-refractivity contribution in [2.75, 3.05) is 18.0 Å². The molecule has 1 fully saturated rings. The summed E-state index contributed by atoms with van der Waals surface area (Å²) in [5, 5.41) is 2.38. The summed E-state index contributed by atoms with van der Waals surface area (Å²) in [5.74, 6) is 4.70. The fraction of sp³-hybridized carbons (Fsp3) is 0.200. The first kappa shape index (κ1) is 11.4. The molecule has 2 amide bonds. The Morgan fingerprint density at radius 3 is 2.30 bits per heavy atom. The molecule has 4 rings (SSSR count). The molecule has 20 heavy (non-hydrogen) atoms. The molecule has 0 unspecified atom stereocenters. The van der Waals surface area contributed by atoms with Crippen LogP contribution in [0.1, 0.15) is 27.1 Å². The lowest BCUT2D eigenvalue weighted by molar-refractivity contribution is 0.0610. The molecule has 5 heteroatoms. The predicted octanol–water partition coefficient (Wildman–Crippen LogP) is 1.52. The highest BCUT2D eigenvalue weighted by molar-refractivity contribution is 6.26. The fourth-order valence-corrected chi connectivity index (χ4v) is 2.93. The second-order valence-electron chi connectivity index (χ2n) is 5.18. The molecule has 0 aliphatic carbocycles. The number of imide groups is 1. The molecule has 0 spiro atoms. The second-order valence-corrected chi connectivity index (χ2v) is 5.18. The third kappa shape index (κ3) is 1.30. The Kier molecular flexibility index (Phi) is 2.17. The minimum atomic E-state index is -0.436. The maximum atomic E-state index is 12.1. The third-order valence-corrected chi connectivity index (χ3v) is 4.11. The summed E-state index contributed by atoms with van der Waals surface area (Å²) < 4.78 is 0. The first-order chi connectivity index (χ1) is 9.68. The summed E-state index contributed by atoms with van der Waals surface area (Å²) in [6.45, 7) is 2.03. The number of carbonyl (C=O) groups excluding carboxylic acids is 2. The van der Waals surface area contributed by atoms with Crippen LogP contribution in [0.4, 0.5) is 5.69 Å². The van der Waals surface area contributed by atoms with Crippen molar-refractivity contribution in [1.82, 2.24) is 5.01 Å². The number of rotatable bonds is 1. The number of hydrogen-bond donors (Lipinski definition) is 1. The summed E-state index contributed by atoms with van der Waals surface area (Å²) in [6, 6.07) is 9.24. The molecule has 0 saturated carbocycles. The van der Waals surface area contributed by atoms with Gasteiger partial charge in [-0.3, -0.25) is 9.59 Å². The molecule has 0 aromatic heterocycles. The molecular weight excluding hydrogens is 254 g/mol. The van der Waals surface area contributed by atoms with Crippen LogP contribution in [0.3, 0.4) is 0 Å². The Balaban J connectivity index is 2.08. The van der Waals surface area contributed by atoms with Crippen LogP contribution in [0, 0.1) is 0 Å². The predicted molar refractivity (Wildman–Crippen MR) is 75.5 cm³/mol. The molecule has 5 nitrogen and oxygen atoms in total. The number of hydrogen-bond acceptors (Lipinski definition) is 4. The van der Waals surface area contributed by atoms with Crippen molar-refractivity contribution in [2.45, 2.75) is 6.42 Å². The number of amides is 2. The molecule has 2 aromatic rings. The smallest absolute Gasteiger partial charge is 0.275 e. The fourth-order valence-electron chi connectivity index (χ4n) is 2.93. The van der Waals surface area contributed by atoms with Crippen LogP contribution in [0.25, 0.3) is 10.8 Å². The zero-order valence-corrected chi connectivity index (χ0v) is 10.8. The Hall–Kier alpha value is -2.40. The maximum Gasteiger partial charge on any atom is 0.275 e. The van der Waals surface area contributed by atoms with Crippen molar-refractivity contribution in [3.63, 3.8) is 0 Å². The molecule has 2 aliphatic heterocycles. The first-order valence-electron chi connectivity index (χ1n) is 6.62. The molecule has 1 saturated heterocycles. The van der Waals surface area contributed by atoms with Gasteiger partial charge in [0.05, 0.1) is 11.1 Å². The normalized spacial score (nSPS) is 17.6. The van der Waals surface area contributed by atoms with Gasteiger partial charge in [0.2, 0.25) is 0 Å². The van der Waals surface area contributed by atoms with Crippen LogP contribution in [-0.2, 0) is 0 Å². The van der Waals surface area contributed by atoms with Crippen LogP contribution in [0.15, 0.2) is 30.3 Å². The van der Waals surface area contributed by atoms with Crippen molar-refractivity contribution in [1.29, 1.82) is 0 Å². The van der Waals surface area contributed by atoms with E-state index in [4.69, 9.17) is 5.84 Å². The van der Waals surface area contributed by atoms with E-state index in [-0.39, 0.29) is 0 Å². The van der Waals surface area contributed by atoms with Gasteiger partial charge in [-0.15, -0.1) is 0 Å². The highest BCUT2D eigenvalue weighted by atomic mass is 16.2. The van der Waals surface area contributed by atoms with Gasteiger partial charge in [-0.05, 0) is 24.6 Å². The van der Waals surface area contributed by atoms with Gasteiger partial charge in [0.1, 0.15) is 0 Å². The van der Waals surface area contributed by atoms with Crippen molar-refractivity contribution in [3.8, 4) is 0 Å². The van der Waals surface area contributed by atoms with Crippen LogP contribution in [-0.4, -0.2) is 29.9 Å². The van der Waals surface area contributed by atoms with Gasteiger partial charge in [0.15, 0.2) is 0 Å². The summed E-state index contributed by atoms with van der Waals surface area (Å²) in [5.41, 5.74) is 2.09. The van der Waals surface area contributed by atoms with Crippen LogP contribution < -0.4 is 10.7 Å². The van der Waals surface area contributed by atoms with Gasteiger partial charge in [-0.1, -0.05) is 12.1 Å². The van der Waals surface area contributed by atoms with Crippen LogP contribution in [0.5, 0.6) is 0 Å². The van der Waals surface area contributed by atoms with E-state index in [2.05, 4.69) is 4.90 Å². The Labute approximate surface area is 115 Å². The summed E-state index contributed by atoms with van der Waals surface area (Å²) in [7, 11) is 0. The summed E-state index contributed by atoms with van der Waals surface area (Å²) >= 11 is 0. The van der Waals surface area contributed by atoms with Crippen molar-refractivity contribution >= 4 is 28.3 Å².